The highest BCUT2D eigenvalue weighted by atomic mass is 19.1. The number of rotatable bonds is 14. The van der Waals surface area contributed by atoms with Crippen molar-refractivity contribution in [2.75, 3.05) is 19.6 Å². The Morgan fingerprint density at radius 1 is 0.952 bits per heavy atom. The molecule has 0 spiro atoms. The number of hydrogen-bond acceptors (Lipinski definition) is 4. The molecule has 3 rings (SSSR count). The van der Waals surface area contributed by atoms with Gasteiger partial charge in [-0.1, -0.05) is 31.9 Å². The van der Waals surface area contributed by atoms with Gasteiger partial charge < -0.3 is 20.6 Å². The first-order valence-electron chi connectivity index (χ1n) is 14.2. The van der Waals surface area contributed by atoms with Crippen LogP contribution in [0, 0.1) is 30.9 Å². The molecule has 42 heavy (non-hydrogen) atoms. The van der Waals surface area contributed by atoms with Crippen molar-refractivity contribution in [2.45, 2.75) is 58.7 Å². The summed E-state index contributed by atoms with van der Waals surface area (Å²) in [6.07, 6.45) is 5.98. The van der Waals surface area contributed by atoms with Crippen molar-refractivity contribution in [3.8, 4) is 12.3 Å². The van der Waals surface area contributed by atoms with E-state index in [1.54, 1.807) is 30.0 Å². The van der Waals surface area contributed by atoms with E-state index in [9.17, 15) is 23.5 Å². The van der Waals surface area contributed by atoms with Gasteiger partial charge in [0, 0.05) is 48.9 Å². The molecule has 222 valence electrons. The molecule has 0 aliphatic carbocycles. The Bertz CT molecular complexity index is 1390. The number of benzene rings is 3. The van der Waals surface area contributed by atoms with Crippen molar-refractivity contribution < 1.29 is 23.5 Å². The number of amides is 2. The SMILES string of the molecule is C#Cc1cccc(CNC[C@@H](O)C(Cc2cc(F)cc(F)c2)NC(=O)c2cc(C)cc(C(=O)N(CCC)CCC)c2)c1. The average Bonchev–Trinajstić information content (AvgIpc) is 2.95. The van der Waals surface area contributed by atoms with Crippen LogP contribution < -0.4 is 10.6 Å². The maximum atomic E-state index is 13.9. The van der Waals surface area contributed by atoms with E-state index in [0.29, 0.717) is 25.2 Å². The third kappa shape index (κ3) is 9.51. The van der Waals surface area contributed by atoms with Gasteiger partial charge in [0.15, 0.2) is 0 Å². The Morgan fingerprint density at radius 2 is 1.62 bits per heavy atom. The molecule has 3 aromatic carbocycles. The molecule has 0 aromatic heterocycles. The van der Waals surface area contributed by atoms with E-state index in [1.165, 1.54) is 12.1 Å². The van der Waals surface area contributed by atoms with Crippen LogP contribution in [-0.2, 0) is 13.0 Å². The van der Waals surface area contributed by atoms with Crippen LogP contribution in [-0.4, -0.2) is 53.6 Å². The highest BCUT2D eigenvalue weighted by Gasteiger charge is 2.24. The molecule has 3 N–H and O–H groups in total. The number of aryl methyl sites for hydroxylation is 1. The highest BCUT2D eigenvalue weighted by molar-refractivity contribution is 6.00. The third-order valence-corrected chi connectivity index (χ3v) is 6.80. The van der Waals surface area contributed by atoms with Crippen LogP contribution in [0.1, 0.15) is 69.7 Å². The van der Waals surface area contributed by atoms with E-state index in [4.69, 9.17) is 6.42 Å². The standard InChI is InChI=1S/C34H39F2N3O3/c1-5-11-39(12-6-2)34(42)28-14-23(4)13-27(19-28)33(41)38-31(18-26-16-29(35)20-30(36)17-26)32(40)22-37-21-25-10-8-9-24(7-3)15-25/h3,8-10,13-17,19-20,31-32,37,40H,5-6,11-12,18,21-22H2,1-2,4H3,(H,38,41)/t31?,32-/m1/s1. The fourth-order valence-corrected chi connectivity index (χ4v) is 4.87. The summed E-state index contributed by atoms with van der Waals surface area (Å²) in [7, 11) is 0. The van der Waals surface area contributed by atoms with E-state index < -0.39 is 29.7 Å². The second-order valence-electron chi connectivity index (χ2n) is 10.5. The zero-order valence-corrected chi connectivity index (χ0v) is 24.4. The van der Waals surface area contributed by atoms with Crippen molar-refractivity contribution in [1.29, 1.82) is 0 Å². The summed E-state index contributed by atoms with van der Waals surface area (Å²) in [6, 6.07) is 14.6. The lowest BCUT2D eigenvalue weighted by atomic mass is 9.99. The average molecular weight is 576 g/mol. The van der Waals surface area contributed by atoms with E-state index in [0.717, 1.165) is 35.6 Å². The van der Waals surface area contributed by atoms with Crippen molar-refractivity contribution in [2.24, 2.45) is 0 Å². The van der Waals surface area contributed by atoms with Crippen LogP contribution in [0.5, 0.6) is 0 Å². The molecule has 2 atom stereocenters. The molecule has 8 heteroatoms. The van der Waals surface area contributed by atoms with Crippen molar-refractivity contribution >= 4 is 11.8 Å². The van der Waals surface area contributed by atoms with Crippen LogP contribution >= 0.6 is 0 Å². The monoisotopic (exact) mass is 575 g/mol. The van der Waals surface area contributed by atoms with Gasteiger partial charge in [-0.05, 0) is 85.3 Å². The van der Waals surface area contributed by atoms with Crippen LogP contribution in [0.2, 0.25) is 0 Å². The molecule has 3 aromatic rings. The third-order valence-electron chi connectivity index (χ3n) is 6.80. The number of terminal acetylenes is 1. The van der Waals surface area contributed by atoms with Gasteiger partial charge in [-0.15, -0.1) is 6.42 Å². The largest absolute Gasteiger partial charge is 0.390 e. The minimum Gasteiger partial charge on any atom is -0.390 e. The van der Waals surface area contributed by atoms with Crippen LogP contribution in [0.4, 0.5) is 8.78 Å². The highest BCUT2D eigenvalue weighted by Crippen LogP contribution is 2.16. The van der Waals surface area contributed by atoms with E-state index >= 15 is 0 Å². The molecule has 0 aliphatic rings. The Hall–Kier alpha value is -4.06. The Labute approximate surface area is 247 Å². The molecule has 0 saturated carbocycles. The van der Waals surface area contributed by atoms with Gasteiger partial charge in [-0.3, -0.25) is 9.59 Å². The van der Waals surface area contributed by atoms with Gasteiger partial charge in [-0.2, -0.15) is 0 Å². The Balaban J connectivity index is 1.81. The predicted molar refractivity (Wildman–Crippen MR) is 161 cm³/mol. The summed E-state index contributed by atoms with van der Waals surface area (Å²) in [5, 5.41) is 17.1. The van der Waals surface area contributed by atoms with Gasteiger partial charge in [0.25, 0.3) is 11.8 Å². The van der Waals surface area contributed by atoms with E-state index in [-0.39, 0.29) is 30.0 Å². The molecular formula is C34H39F2N3O3. The number of carbonyl (C=O) groups is 2. The lowest BCUT2D eigenvalue weighted by molar-refractivity contribution is 0.0755. The number of nitrogens with zero attached hydrogens (tertiary/aromatic N) is 1. The van der Waals surface area contributed by atoms with Gasteiger partial charge >= 0.3 is 0 Å². The molecule has 0 aliphatic heterocycles. The van der Waals surface area contributed by atoms with E-state index in [2.05, 4.69) is 16.6 Å². The smallest absolute Gasteiger partial charge is 0.253 e. The van der Waals surface area contributed by atoms with Crippen molar-refractivity contribution in [3.63, 3.8) is 0 Å². The fraction of sp³-hybridized carbons (Fsp3) is 0.353. The molecule has 2 amide bonds. The predicted octanol–water partition coefficient (Wildman–Crippen LogP) is 5.01. The van der Waals surface area contributed by atoms with Crippen molar-refractivity contribution in [3.05, 3.63) is 106 Å². The lowest BCUT2D eigenvalue weighted by Crippen LogP contribution is -2.48. The van der Waals surface area contributed by atoms with Gasteiger partial charge in [0.2, 0.25) is 0 Å². The van der Waals surface area contributed by atoms with Gasteiger partial charge in [0.05, 0.1) is 12.1 Å². The number of nitrogens with one attached hydrogen (secondary N) is 2. The lowest BCUT2D eigenvalue weighted by Gasteiger charge is -2.25. The summed E-state index contributed by atoms with van der Waals surface area (Å²) in [5.74, 6) is 0.427. The van der Waals surface area contributed by atoms with Gasteiger partial charge in [0.1, 0.15) is 11.6 Å². The first-order valence-corrected chi connectivity index (χ1v) is 14.2. The molecule has 1 unspecified atom stereocenters. The molecule has 0 bridgehead atoms. The first-order chi connectivity index (χ1) is 20.1. The summed E-state index contributed by atoms with van der Waals surface area (Å²) in [5.41, 5.74) is 3.34. The summed E-state index contributed by atoms with van der Waals surface area (Å²) < 4.78 is 27.9. The first kappa shape index (κ1) is 32.5. The minimum atomic E-state index is -1.10. The zero-order chi connectivity index (χ0) is 30.6. The minimum absolute atomic E-state index is 0.0196. The van der Waals surface area contributed by atoms with Gasteiger partial charge in [-0.25, -0.2) is 8.78 Å². The van der Waals surface area contributed by atoms with Crippen LogP contribution in [0.15, 0.2) is 60.7 Å². The summed E-state index contributed by atoms with van der Waals surface area (Å²) >= 11 is 0. The molecule has 0 saturated heterocycles. The molecule has 0 fully saturated rings. The molecule has 0 radical (unpaired) electrons. The topological polar surface area (TPSA) is 81.7 Å². The molecular weight excluding hydrogens is 536 g/mol. The fourth-order valence-electron chi connectivity index (χ4n) is 4.87. The summed E-state index contributed by atoms with van der Waals surface area (Å²) in [4.78, 5) is 28.5. The quantitative estimate of drug-likeness (QED) is 0.236. The summed E-state index contributed by atoms with van der Waals surface area (Å²) in [6.45, 7) is 7.54. The van der Waals surface area contributed by atoms with Crippen LogP contribution in [0.3, 0.4) is 0 Å². The van der Waals surface area contributed by atoms with Crippen molar-refractivity contribution in [1.82, 2.24) is 15.5 Å². The number of halogens is 2. The number of aliphatic hydroxyl groups excluding tert-OH is 1. The maximum absolute atomic E-state index is 13.9. The van der Waals surface area contributed by atoms with E-state index in [1.807, 2.05) is 38.1 Å². The normalized spacial score (nSPS) is 12.3. The number of carbonyl (C=O) groups excluding carboxylic acids is 2. The Kier molecular flexibility index (Phi) is 12.2. The number of hydrogen-bond donors (Lipinski definition) is 3. The number of aliphatic hydroxyl groups is 1. The zero-order valence-electron chi connectivity index (χ0n) is 24.4. The van der Waals surface area contributed by atoms with Crippen LogP contribution in [0.25, 0.3) is 0 Å². The Morgan fingerprint density at radius 3 is 2.26 bits per heavy atom. The molecule has 6 nitrogen and oxygen atoms in total. The molecule has 0 heterocycles. The maximum Gasteiger partial charge on any atom is 0.253 e. The second kappa shape index (κ2) is 15.8. The second-order valence-corrected chi connectivity index (χ2v) is 10.5.